The third-order valence-electron chi connectivity index (χ3n) is 2.68. The molecular weight excluding hydrogens is 167 g/mol. The van der Waals surface area contributed by atoms with E-state index in [1.165, 1.54) is 0 Å². The van der Waals surface area contributed by atoms with Gasteiger partial charge in [-0.3, -0.25) is 0 Å². The number of hydrogen-bond donors (Lipinski definition) is 0. The summed E-state index contributed by atoms with van der Waals surface area (Å²) in [6, 6.07) is 0. The molecule has 0 aromatic carbocycles. The lowest BCUT2D eigenvalue weighted by Gasteiger charge is -2.21. The molecule has 1 saturated heterocycles. The van der Waals surface area contributed by atoms with Crippen LogP contribution in [-0.4, -0.2) is 25.4 Å². The Bertz CT molecular complexity index is 237. The highest BCUT2D eigenvalue weighted by Gasteiger charge is 2.46. The van der Waals surface area contributed by atoms with E-state index in [1.54, 1.807) is 0 Å². The highest BCUT2D eigenvalue weighted by atomic mass is 16.7. The van der Waals surface area contributed by atoms with Crippen LogP contribution in [0.4, 0.5) is 0 Å². The summed E-state index contributed by atoms with van der Waals surface area (Å²) in [6.07, 6.45) is 3.12. The third-order valence-corrected chi connectivity index (χ3v) is 2.68. The van der Waals surface area contributed by atoms with Crippen LogP contribution in [0.15, 0.2) is 11.7 Å². The monoisotopic (exact) mass is 182 g/mol. The van der Waals surface area contributed by atoms with E-state index in [9.17, 15) is 0 Å². The molecule has 3 nitrogen and oxygen atoms in total. The molecule has 0 N–H and O–H groups in total. The quantitative estimate of drug-likeness (QED) is 0.575. The maximum atomic E-state index is 5.73. The molecule has 1 fully saturated rings. The molecule has 0 amide bonds. The molecule has 0 bridgehead atoms. The van der Waals surface area contributed by atoms with Crippen molar-refractivity contribution < 1.29 is 14.0 Å². The zero-order valence-electron chi connectivity index (χ0n) is 8.37. The van der Waals surface area contributed by atoms with Crippen molar-refractivity contribution in [3.63, 3.8) is 0 Å². The van der Waals surface area contributed by atoms with Gasteiger partial charge in [0.2, 0.25) is 0 Å². The first-order valence-corrected chi connectivity index (χ1v) is 4.76. The van der Waals surface area contributed by atoms with Crippen LogP contribution in [0, 0.1) is 0 Å². The van der Waals surface area contributed by atoms with Crippen molar-refractivity contribution in [3.05, 3.63) is 11.7 Å². The second kappa shape index (κ2) is 3.03. The fourth-order valence-corrected chi connectivity index (χ4v) is 1.48. The molecule has 0 aliphatic carbocycles. The van der Waals surface area contributed by atoms with Crippen LogP contribution in [0.1, 0.15) is 27.2 Å². The predicted molar refractivity (Wildman–Crippen MR) is 50.1 cm³/mol. The Kier molecular flexibility index (Phi) is 2.12. The van der Waals surface area contributed by atoms with E-state index in [4.69, 9.17) is 14.0 Å². The SMILES string of the molecule is CC1OB(C2=CCCO2)OC1(C)C. The van der Waals surface area contributed by atoms with Crippen LogP contribution >= 0.6 is 0 Å². The maximum Gasteiger partial charge on any atom is 0.531 e. The average molecular weight is 182 g/mol. The lowest BCUT2D eigenvalue weighted by molar-refractivity contribution is 0.0836. The van der Waals surface area contributed by atoms with E-state index < -0.39 is 0 Å². The Morgan fingerprint density at radius 3 is 2.77 bits per heavy atom. The molecule has 72 valence electrons. The molecule has 1 unspecified atom stereocenters. The Morgan fingerprint density at radius 1 is 1.54 bits per heavy atom. The zero-order valence-corrected chi connectivity index (χ0v) is 8.37. The van der Waals surface area contributed by atoms with Gasteiger partial charge in [-0.05, 0) is 26.8 Å². The minimum absolute atomic E-state index is 0.114. The van der Waals surface area contributed by atoms with Gasteiger partial charge in [-0.2, -0.15) is 0 Å². The summed E-state index contributed by atoms with van der Waals surface area (Å²) < 4.78 is 16.8. The lowest BCUT2D eigenvalue weighted by atomic mass is 9.87. The first-order valence-electron chi connectivity index (χ1n) is 4.76. The first-order chi connectivity index (χ1) is 6.09. The van der Waals surface area contributed by atoms with E-state index in [2.05, 4.69) is 0 Å². The molecule has 2 rings (SSSR count). The van der Waals surface area contributed by atoms with Gasteiger partial charge in [0.25, 0.3) is 0 Å². The van der Waals surface area contributed by atoms with Crippen LogP contribution < -0.4 is 0 Å². The molecule has 0 radical (unpaired) electrons. The summed E-state index contributed by atoms with van der Waals surface area (Å²) >= 11 is 0. The van der Waals surface area contributed by atoms with E-state index in [1.807, 2.05) is 26.8 Å². The molecule has 1 atom stereocenters. The largest absolute Gasteiger partial charge is 0.531 e. The highest BCUT2D eigenvalue weighted by Crippen LogP contribution is 2.31. The van der Waals surface area contributed by atoms with Gasteiger partial charge in [0.15, 0.2) is 0 Å². The molecule has 0 aromatic rings. The second-order valence-electron chi connectivity index (χ2n) is 4.08. The lowest BCUT2D eigenvalue weighted by Crippen LogP contribution is -2.30. The highest BCUT2D eigenvalue weighted by molar-refractivity contribution is 6.53. The summed E-state index contributed by atoms with van der Waals surface area (Å²) in [5, 5.41) is 0. The van der Waals surface area contributed by atoms with Gasteiger partial charge in [-0.15, -0.1) is 0 Å². The summed E-state index contributed by atoms with van der Waals surface area (Å²) in [5.74, 6) is 0. The fourth-order valence-electron chi connectivity index (χ4n) is 1.48. The second-order valence-corrected chi connectivity index (χ2v) is 4.08. The maximum absolute atomic E-state index is 5.73. The normalized spacial score (nSPS) is 31.8. The smallest absolute Gasteiger partial charge is 0.501 e. The van der Waals surface area contributed by atoms with Gasteiger partial charge < -0.3 is 14.0 Å². The van der Waals surface area contributed by atoms with Crippen molar-refractivity contribution in [1.82, 2.24) is 0 Å². The Morgan fingerprint density at radius 2 is 2.31 bits per heavy atom. The van der Waals surface area contributed by atoms with Crippen LogP contribution in [0.25, 0.3) is 0 Å². The summed E-state index contributed by atoms with van der Waals surface area (Å²) in [6.45, 7) is 6.85. The van der Waals surface area contributed by atoms with Gasteiger partial charge in [-0.1, -0.05) is 0 Å². The Hall–Kier alpha value is -0.475. The van der Waals surface area contributed by atoms with Crippen molar-refractivity contribution in [2.75, 3.05) is 6.61 Å². The van der Waals surface area contributed by atoms with Crippen LogP contribution in [0.2, 0.25) is 0 Å². The van der Waals surface area contributed by atoms with Gasteiger partial charge in [0.1, 0.15) is 5.66 Å². The van der Waals surface area contributed by atoms with Crippen molar-refractivity contribution >= 4 is 7.12 Å². The van der Waals surface area contributed by atoms with Crippen molar-refractivity contribution in [2.24, 2.45) is 0 Å². The van der Waals surface area contributed by atoms with Crippen LogP contribution in [0.3, 0.4) is 0 Å². The first kappa shape index (κ1) is 9.09. The Balaban J connectivity index is 2.05. The molecule has 2 aliphatic heterocycles. The van der Waals surface area contributed by atoms with Crippen molar-refractivity contribution in [2.45, 2.75) is 38.9 Å². The van der Waals surface area contributed by atoms with Gasteiger partial charge in [0, 0.05) is 6.42 Å². The van der Waals surface area contributed by atoms with E-state index >= 15 is 0 Å². The summed E-state index contributed by atoms with van der Waals surface area (Å²) in [4.78, 5) is 0. The van der Waals surface area contributed by atoms with E-state index in [-0.39, 0.29) is 18.8 Å². The Labute approximate surface area is 79.2 Å². The van der Waals surface area contributed by atoms with Gasteiger partial charge >= 0.3 is 7.12 Å². The predicted octanol–water partition coefficient (Wildman–Crippen LogP) is 1.53. The number of ether oxygens (including phenoxy) is 1. The van der Waals surface area contributed by atoms with Crippen molar-refractivity contribution in [1.29, 1.82) is 0 Å². The molecular formula is C9H15BO3. The molecule has 0 spiro atoms. The number of rotatable bonds is 1. The number of hydrogen-bond acceptors (Lipinski definition) is 3. The molecule has 2 aliphatic rings. The summed E-state index contributed by atoms with van der Waals surface area (Å²) in [5.41, 5.74) is 0.634. The molecule has 0 saturated carbocycles. The van der Waals surface area contributed by atoms with Crippen LogP contribution in [0.5, 0.6) is 0 Å². The standard InChI is InChI=1S/C9H15BO3/c1-7-9(2,3)13-10(12-7)8-5-4-6-11-8/h5,7H,4,6H2,1-3H3. The fraction of sp³-hybridized carbons (Fsp3) is 0.778. The topological polar surface area (TPSA) is 27.7 Å². The third kappa shape index (κ3) is 1.60. The van der Waals surface area contributed by atoms with Gasteiger partial charge in [-0.25, -0.2) is 0 Å². The minimum atomic E-state index is -0.285. The molecule has 2 heterocycles. The van der Waals surface area contributed by atoms with E-state index in [0.717, 1.165) is 18.7 Å². The van der Waals surface area contributed by atoms with Crippen molar-refractivity contribution in [3.8, 4) is 0 Å². The molecule has 4 heteroatoms. The summed E-state index contributed by atoms with van der Waals surface area (Å²) in [7, 11) is -0.285. The molecule has 13 heavy (non-hydrogen) atoms. The van der Waals surface area contributed by atoms with Gasteiger partial charge in [0.05, 0.1) is 18.3 Å². The minimum Gasteiger partial charge on any atom is -0.501 e. The zero-order chi connectivity index (χ0) is 9.47. The average Bonchev–Trinajstić information content (AvgIpc) is 2.60. The van der Waals surface area contributed by atoms with Crippen LogP contribution in [-0.2, 0) is 14.0 Å². The van der Waals surface area contributed by atoms with E-state index in [0.29, 0.717) is 0 Å². The molecule has 0 aromatic heterocycles.